The second kappa shape index (κ2) is 14.5. The summed E-state index contributed by atoms with van der Waals surface area (Å²) in [4.78, 5) is 17.4. The molecular formula is C27H27N9NaO6S. The van der Waals surface area contributed by atoms with Gasteiger partial charge >= 0.3 is 0 Å². The molecule has 17 heteroatoms. The van der Waals surface area contributed by atoms with Crippen LogP contribution < -0.4 is 18.9 Å². The van der Waals surface area contributed by atoms with Crippen LogP contribution in [0.25, 0.3) is 22.9 Å². The molecular weight excluding hydrogens is 601 g/mol. The van der Waals surface area contributed by atoms with Gasteiger partial charge in [0.15, 0.2) is 28.2 Å². The number of anilines is 1. The number of para-hydroxylation sites is 2. The van der Waals surface area contributed by atoms with Crippen molar-refractivity contribution >= 4 is 45.4 Å². The van der Waals surface area contributed by atoms with Gasteiger partial charge < -0.3 is 19.3 Å². The first-order chi connectivity index (χ1) is 20.8. The number of ether oxygens (including phenoxy) is 3. The molecule has 44 heavy (non-hydrogen) atoms. The molecule has 0 fully saturated rings. The number of nitrogens with zero attached hydrogens (tertiary/aromatic N) is 7. The van der Waals surface area contributed by atoms with Crippen molar-refractivity contribution < 1.29 is 27.7 Å². The molecule has 0 aliphatic rings. The molecule has 1 radical (unpaired) electrons. The van der Waals surface area contributed by atoms with Crippen molar-refractivity contribution in [2.75, 3.05) is 25.0 Å². The van der Waals surface area contributed by atoms with Gasteiger partial charge in [0.25, 0.3) is 15.9 Å². The van der Waals surface area contributed by atoms with Crippen molar-refractivity contribution in [2.24, 2.45) is 0 Å². The third-order valence-electron chi connectivity index (χ3n) is 5.97. The van der Waals surface area contributed by atoms with Crippen molar-refractivity contribution in [3.8, 4) is 46.0 Å². The number of sulfonamides is 1. The van der Waals surface area contributed by atoms with Crippen molar-refractivity contribution in [3.63, 3.8) is 0 Å². The maximum absolute atomic E-state index is 13.6. The van der Waals surface area contributed by atoms with Gasteiger partial charge in [-0.1, -0.05) is 32.0 Å². The summed E-state index contributed by atoms with van der Waals surface area (Å²) in [7, 11) is -2.81. The van der Waals surface area contributed by atoms with Crippen LogP contribution in [-0.4, -0.2) is 104 Å². The summed E-state index contributed by atoms with van der Waals surface area (Å²) >= 11 is 0. The fraction of sp³-hybridized carbons (Fsp3) is 0.222. The van der Waals surface area contributed by atoms with E-state index in [0.717, 1.165) is 5.56 Å². The topological polar surface area (TPSA) is 200 Å². The zero-order valence-corrected chi connectivity index (χ0v) is 27.1. The summed E-state index contributed by atoms with van der Waals surface area (Å²) in [5.74, 6) is 0.458. The maximum Gasteiger partial charge on any atom is 0.280 e. The zero-order chi connectivity index (χ0) is 30.4. The third-order valence-corrected chi connectivity index (χ3v) is 7.22. The Labute approximate surface area is 274 Å². The molecule has 0 spiro atoms. The zero-order valence-electron chi connectivity index (χ0n) is 24.3. The summed E-state index contributed by atoms with van der Waals surface area (Å²) in [6.45, 7) is 3.43. The number of aromatic nitrogens is 8. The Balaban J connectivity index is 0.00000442. The second-order valence-corrected chi connectivity index (χ2v) is 10.8. The van der Waals surface area contributed by atoms with E-state index < -0.39 is 10.0 Å². The van der Waals surface area contributed by atoms with Gasteiger partial charge in [-0.05, 0) is 47.0 Å². The number of aliphatic hydroxyl groups excluding tert-OH is 1. The summed E-state index contributed by atoms with van der Waals surface area (Å²) in [6.07, 6.45) is 2.99. The standard InChI is InChI=1S/C27H27N9O6S.Na/c1-16(2)18-8-9-22(29-15-18)43(38,39)34-26-23(42-21-7-5-4-6-20(21)40-3)27(41-13-12-37)31-24(30-26)17-10-11-28-19(14-17)25-32-35-36-33-25;/h4-11,14-16,37H,12-13H2,1-3H3,(H,30,31,34)(H,32,33,35,36);. The molecule has 223 valence electrons. The van der Waals surface area contributed by atoms with Crippen LogP contribution in [0.4, 0.5) is 5.82 Å². The van der Waals surface area contributed by atoms with Crippen molar-refractivity contribution in [2.45, 2.75) is 24.8 Å². The van der Waals surface area contributed by atoms with Gasteiger partial charge in [0, 0.05) is 47.5 Å². The smallest absolute Gasteiger partial charge is 0.280 e. The minimum absolute atomic E-state index is 0. The van der Waals surface area contributed by atoms with Crippen LogP contribution in [-0.2, 0) is 10.0 Å². The van der Waals surface area contributed by atoms with Crippen molar-refractivity contribution in [1.29, 1.82) is 0 Å². The van der Waals surface area contributed by atoms with E-state index in [4.69, 9.17) is 14.2 Å². The fourth-order valence-corrected chi connectivity index (χ4v) is 4.74. The normalized spacial score (nSPS) is 11.1. The summed E-state index contributed by atoms with van der Waals surface area (Å²) < 4.78 is 46.8. The number of nitrogens with one attached hydrogen (secondary N) is 2. The van der Waals surface area contributed by atoms with Gasteiger partial charge in [0.05, 0.1) is 13.7 Å². The molecule has 0 saturated carbocycles. The van der Waals surface area contributed by atoms with Gasteiger partial charge in [-0.3, -0.25) is 9.71 Å². The number of H-pyrrole nitrogens is 1. The van der Waals surface area contributed by atoms with E-state index in [0.29, 0.717) is 17.0 Å². The molecule has 15 nitrogen and oxygen atoms in total. The number of methoxy groups -OCH3 is 1. The van der Waals surface area contributed by atoms with Crippen LogP contribution in [0.3, 0.4) is 0 Å². The number of hydrogen-bond acceptors (Lipinski definition) is 13. The van der Waals surface area contributed by atoms with Crippen molar-refractivity contribution in [3.05, 3.63) is 66.5 Å². The fourth-order valence-electron chi connectivity index (χ4n) is 3.81. The number of aromatic amines is 1. The van der Waals surface area contributed by atoms with Crippen LogP contribution in [0.2, 0.25) is 0 Å². The average molecular weight is 629 g/mol. The molecule has 0 amide bonds. The second-order valence-electron chi connectivity index (χ2n) is 9.21. The van der Waals surface area contributed by atoms with Crippen LogP contribution in [0.1, 0.15) is 25.3 Å². The molecule has 5 rings (SSSR count). The molecule has 0 unspecified atom stereocenters. The van der Waals surface area contributed by atoms with Crippen molar-refractivity contribution in [1.82, 2.24) is 40.6 Å². The van der Waals surface area contributed by atoms with E-state index in [1.807, 2.05) is 13.8 Å². The summed E-state index contributed by atoms with van der Waals surface area (Å²) in [5, 5.41) is 23.1. The number of rotatable bonds is 12. The molecule has 0 atom stereocenters. The van der Waals surface area contributed by atoms with Crippen LogP contribution >= 0.6 is 0 Å². The number of aliphatic hydroxyl groups is 1. The number of benzene rings is 1. The molecule has 0 saturated heterocycles. The number of pyridine rings is 2. The van der Waals surface area contributed by atoms with E-state index in [2.05, 4.69) is 45.3 Å². The Morgan fingerprint density at radius 1 is 1.02 bits per heavy atom. The van der Waals surface area contributed by atoms with Crippen LogP contribution in [0.5, 0.6) is 23.1 Å². The molecule has 1 aromatic carbocycles. The Kier molecular flexibility index (Phi) is 10.8. The molecule has 4 aromatic heterocycles. The monoisotopic (exact) mass is 628 g/mol. The van der Waals surface area contributed by atoms with Crippen LogP contribution in [0.15, 0.2) is 66.0 Å². The first-order valence-electron chi connectivity index (χ1n) is 12.9. The first-order valence-corrected chi connectivity index (χ1v) is 14.4. The third kappa shape index (κ3) is 7.46. The van der Waals surface area contributed by atoms with Crippen LogP contribution in [0, 0.1) is 0 Å². The largest absolute Gasteiger partial charge is 0.493 e. The Hall–Kier alpha value is -4.22. The van der Waals surface area contributed by atoms with E-state index in [1.165, 1.54) is 25.6 Å². The maximum atomic E-state index is 13.6. The van der Waals surface area contributed by atoms with Gasteiger partial charge in [-0.15, -0.1) is 10.2 Å². The van der Waals surface area contributed by atoms with E-state index in [1.54, 1.807) is 42.5 Å². The Morgan fingerprint density at radius 2 is 1.82 bits per heavy atom. The summed E-state index contributed by atoms with van der Waals surface area (Å²) in [5.41, 5.74) is 1.66. The number of hydrogen-bond donors (Lipinski definition) is 3. The molecule has 5 aromatic rings. The molecule has 3 N–H and O–H groups in total. The predicted molar refractivity (Wildman–Crippen MR) is 159 cm³/mol. The van der Waals surface area contributed by atoms with Gasteiger partial charge in [-0.2, -0.15) is 18.6 Å². The average Bonchev–Trinajstić information content (AvgIpc) is 3.57. The summed E-state index contributed by atoms with van der Waals surface area (Å²) in [6, 6.07) is 13.0. The van der Waals surface area contributed by atoms with Gasteiger partial charge in [0.2, 0.25) is 11.6 Å². The SMILES string of the molecule is COc1ccccc1Oc1c(NS(=O)(=O)c2ccc(C(C)C)cn2)nc(-c2ccnc(-c3nn[nH]n3)c2)nc1OCCO.[Na]. The van der Waals surface area contributed by atoms with E-state index >= 15 is 0 Å². The van der Waals surface area contributed by atoms with E-state index in [9.17, 15) is 13.5 Å². The molecule has 0 bridgehead atoms. The molecule has 0 aliphatic carbocycles. The minimum atomic E-state index is -4.28. The number of tetrazole rings is 1. The predicted octanol–water partition coefficient (Wildman–Crippen LogP) is 2.83. The Bertz CT molecular complexity index is 1810. The molecule has 4 heterocycles. The minimum Gasteiger partial charge on any atom is -0.493 e. The quantitative estimate of drug-likeness (QED) is 0.171. The molecule has 0 aliphatic heterocycles. The first kappa shape index (κ1) is 32.7. The van der Waals surface area contributed by atoms with Gasteiger partial charge in [0.1, 0.15) is 12.3 Å². The Morgan fingerprint density at radius 3 is 2.48 bits per heavy atom. The van der Waals surface area contributed by atoms with Gasteiger partial charge in [-0.25, -0.2) is 9.97 Å². The van der Waals surface area contributed by atoms with E-state index in [-0.39, 0.29) is 88.6 Å².